The molecule has 0 spiro atoms. The van der Waals surface area contributed by atoms with Crippen molar-refractivity contribution in [2.45, 2.75) is 30.3 Å². The SMILES string of the molecule is CC1(NS(=O)(=O)c2cccnc2CN)CCOC1. The molecule has 0 saturated carbocycles. The van der Waals surface area contributed by atoms with Crippen molar-refractivity contribution in [2.24, 2.45) is 5.73 Å². The minimum atomic E-state index is -3.62. The van der Waals surface area contributed by atoms with Gasteiger partial charge >= 0.3 is 0 Å². The maximum atomic E-state index is 12.3. The fraction of sp³-hybridized carbons (Fsp3) is 0.545. The molecule has 6 nitrogen and oxygen atoms in total. The van der Waals surface area contributed by atoms with Crippen LogP contribution in [0.2, 0.25) is 0 Å². The zero-order chi connectivity index (χ0) is 13.2. The van der Waals surface area contributed by atoms with Crippen molar-refractivity contribution in [3.05, 3.63) is 24.0 Å². The lowest BCUT2D eigenvalue weighted by Crippen LogP contribution is -2.46. The van der Waals surface area contributed by atoms with E-state index in [1.807, 2.05) is 6.92 Å². The first-order chi connectivity index (χ1) is 8.47. The highest BCUT2D eigenvalue weighted by Gasteiger charge is 2.35. The Morgan fingerprint density at radius 2 is 2.39 bits per heavy atom. The van der Waals surface area contributed by atoms with Crippen LogP contribution in [0.3, 0.4) is 0 Å². The normalized spacial score (nSPS) is 24.3. The molecule has 18 heavy (non-hydrogen) atoms. The molecule has 1 atom stereocenters. The minimum Gasteiger partial charge on any atom is -0.379 e. The summed E-state index contributed by atoms with van der Waals surface area (Å²) in [6.45, 7) is 2.86. The Bertz CT molecular complexity index is 524. The van der Waals surface area contributed by atoms with Gasteiger partial charge in [-0.15, -0.1) is 0 Å². The maximum absolute atomic E-state index is 12.3. The van der Waals surface area contributed by atoms with Crippen molar-refractivity contribution in [1.82, 2.24) is 9.71 Å². The average Bonchev–Trinajstić information content (AvgIpc) is 2.74. The molecule has 1 aromatic rings. The van der Waals surface area contributed by atoms with Gasteiger partial charge in [0.1, 0.15) is 4.90 Å². The second-order valence-corrected chi connectivity index (χ2v) is 6.27. The summed E-state index contributed by atoms with van der Waals surface area (Å²) in [5.41, 5.74) is 5.32. The number of hydrogen-bond acceptors (Lipinski definition) is 5. The van der Waals surface area contributed by atoms with Crippen molar-refractivity contribution in [1.29, 1.82) is 0 Å². The van der Waals surface area contributed by atoms with E-state index in [1.165, 1.54) is 12.3 Å². The zero-order valence-corrected chi connectivity index (χ0v) is 11.0. The summed E-state index contributed by atoms with van der Waals surface area (Å²) < 4.78 is 32.5. The predicted molar refractivity (Wildman–Crippen MR) is 66.3 cm³/mol. The molecule has 100 valence electrons. The van der Waals surface area contributed by atoms with E-state index < -0.39 is 15.6 Å². The minimum absolute atomic E-state index is 0.0876. The van der Waals surface area contributed by atoms with Crippen molar-refractivity contribution in [3.63, 3.8) is 0 Å². The highest BCUT2D eigenvalue weighted by Crippen LogP contribution is 2.22. The molecule has 0 amide bonds. The van der Waals surface area contributed by atoms with Gasteiger partial charge in [-0.25, -0.2) is 13.1 Å². The average molecular weight is 271 g/mol. The number of nitrogens with one attached hydrogen (secondary N) is 1. The third kappa shape index (κ3) is 2.69. The molecule has 1 saturated heterocycles. The molecule has 2 rings (SSSR count). The zero-order valence-electron chi connectivity index (χ0n) is 10.2. The number of aromatic nitrogens is 1. The monoisotopic (exact) mass is 271 g/mol. The Kier molecular flexibility index (Phi) is 3.67. The highest BCUT2D eigenvalue weighted by atomic mass is 32.2. The van der Waals surface area contributed by atoms with E-state index in [0.717, 1.165) is 0 Å². The van der Waals surface area contributed by atoms with Crippen LogP contribution >= 0.6 is 0 Å². The second-order valence-electron chi connectivity index (χ2n) is 4.62. The Morgan fingerprint density at radius 1 is 1.61 bits per heavy atom. The number of nitrogens with zero attached hydrogens (tertiary/aromatic N) is 1. The fourth-order valence-electron chi connectivity index (χ4n) is 1.95. The lowest BCUT2D eigenvalue weighted by molar-refractivity contribution is 0.178. The van der Waals surface area contributed by atoms with Crippen LogP contribution in [0.25, 0.3) is 0 Å². The van der Waals surface area contributed by atoms with E-state index in [1.54, 1.807) is 6.07 Å². The Labute approximate surface area is 107 Å². The third-order valence-electron chi connectivity index (χ3n) is 2.93. The molecule has 3 N–H and O–H groups in total. The molecule has 0 radical (unpaired) electrons. The molecule has 1 aliphatic rings. The first-order valence-corrected chi connectivity index (χ1v) is 7.21. The molecule has 1 aromatic heterocycles. The van der Waals surface area contributed by atoms with Crippen molar-refractivity contribution in [2.75, 3.05) is 13.2 Å². The van der Waals surface area contributed by atoms with Crippen LogP contribution < -0.4 is 10.5 Å². The summed E-state index contributed by atoms with van der Waals surface area (Å²) in [6.07, 6.45) is 2.19. The van der Waals surface area contributed by atoms with Gasteiger partial charge in [0.05, 0.1) is 17.8 Å². The molecule has 1 aliphatic heterocycles. The van der Waals surface area contributed by atoms with Gasteiger partial charge in [-0.05, 0) is 25.5 Å². The number of rotatable bonds is 4. The van der Waals surface area contributed by atoms with Crippen LogP contribution in [-0.2, 0) is 21.3 Å². The lowest BCUT2D eigenvalue weighted by atomic mass is 10.0. The summed E-state index contributed by atoms with van der Waals surface area (Å²) in [6, 6.07) is 3.10. The first-order valence-electron chi connectivity index (χ1n) is 5.72. The number of nitrogens with two attached hydrogens (primary N) is 1. The van der Waals surface area contributed by atoms with E-state index >= 15 is 0 Å². The summed E-state index contributed by atoms with van der Waals surface area (Å²) in [5.74, 6) is 0. The molecule has 2 heterocycles. The van der Waals surface area contributed by atoms with Crippen molar-refractivity contribution in [3.8, 4) is 0 Å². The molecule has 0 aromatic carbocycles. The Balaban J connectivity index is 2.30. The van der Waals surface area contributed by atoms with Gasteiger partial charge in [0, 0.05) is 19.3 Å². The summed E-state index contributed by atoms with van der Waals surface area (Å²) in [4.78, 5) is 4.12. The summed E-state index contributed by atoms with van der Waals surface area (Å²) >= 11 is 0. The lowest BCUT2D eigenvalue weighted by Gasteiger charge is -2.23. The number of sulfonamides is 1. The largest absolute Gasteiger partial charge is 0.379 e. The summed E-state index contributed by atoms with van der Waals surface area (Å²) in [7, 11) is -3.62. The molecule has 0 bridgehead atoms. The van der Waals surface area contributed by atoms with Crippen LogP contribution in [0.1, 0.15) is 19.0 Å². The molecular formula is C11H17N3O3S. The van der Waals surface area contributed by atoms with E-state index in [4.69, 9.17) is 10.5 Å². The molecule has 0 aliphatic carbocycles. The smallest absolute Gasteiger partial charge is 0.243 e. The van der Waals surface area contributed by atoms with Crippen LogP contribution in [0.5, 0.6) is 0 Å². The first kappa shape index (κ1) is 13.4. The van der Waals surface area contributed by atoms with Gasteiger partial charge < -0.3 is 10.5 Å². The van der Waals surface area contributed by atoms with Crippen LogP contribution in [0.4, 0.5) is 0 Å². The van der Waals surface area contributed by atoms with E-state index in [9.17, 15) is 8.42 Å². The third-order valence-corrected chi connectivity index (χ3v) is 4.64. The van der Waals surface area contributed by atoms with Crippen molar-refractivity contribution >= 4 is 10.0 Å². The van der Waals surface area contributed by atoms with E-state index in [-0.39, 0.29) is 11.4 Å². The van der Waals surface area contributed by atoms with Gasteiger partial charge in [-0.3, -0.25) is 4.98 Å². The maximum Gasteiger partial charge on any atom is 0.243 e. The molecule has 1 fully saturated rings. The van der Waals surface area contributed by atoms with E-state index in [2.05, 4.69) is 9.71 Å². The predicted octanol–water partition coefficient (Wildman–Crippen LogP) is -0.00240. The number of ether oxygens (including phenoxy) is 1. The van der Waals surface area contributed by atoms with Crippen LogP contribution in [-0.4, -0.2) is 32.2 Å². The standard InChI is InChI=1S/C11H17N3O3S/c1-11(4-6-17-8-11)14-18(15,16)10-3-2-5-13-9(10)7-12/h2-3,5,14H,4,6-8,12H2,1H3. The van der Waals surface area contributed by atoms with Gasteiger partial charge in [0.2, 0.25) is 10.0 Å². The summed E-state index contributed by atoms with van der Waals surface area (Å²) in [5, 5.41) is 0. The Hall–Kier alpha value is -1.02. The van der Waals surface area contributed by atoms with Gasteiger partial charge in [-0.1, -0.05) is 0 Å². The fourth-order valence-corrected chi connectivity index (χ4v) is 3.57. The number of hydrogen-bond donors (Lipinski definition) is 2. The second kappa shape index (κ2) is 4.93. The van der Waals surface area contributed by atoms with Crippen molar-refractivity contribution < 1.29 is 13.2 Å². The van der Waals surface area contributed by atoms with E-state index in [0.29, 0.717) is 25.3 Å². The van der Waals surface area contributed by atoms with Crippen LogP contribution in [0, 0.1) is 0 Å². The molecular weight excluding hydrogens is 254 g/mol. The molecule has 1 unspecified atom stereocenters. The Morgan fingerprint density at radius 3 is 3.00 bits per heavy atom. The van der Waals surface area contributed by atoms with Gasteiger partial charge in [0.15, 0.2) is 0 Å². The van der Waals surface area contributed by atoms with Gasteiger partial charge in [-0.2, -0.15) is 0 Å². The highest BCUT2D eigenvalue weighted by molar-refractivity contribution is 7.89. The quantitative estimate of drug-likeness (QED) is 0.803. The molecule has 7 heteroatoms. The topological polar surface area (TPSA) is 94.3 Å². The number of pyridine rings is 1. The van der Waals surface area contributed by atoms with Gasteiger partial charge in [0.25, 0.3) is 0 Å². The van der Waals surface area contributed by atoms with Crippen LogP contribution in [0.15, 0.2) is 23.2 Å².